The van der Waals surface area contributed by atoms with Gasteiger partial charge in [-0.25, -0.2) is 15.0 Å². The third-order valence-corrected chi connectivity index (χ3v) is 5.60. The fraction of sp³-hybridized carbons (Fsp3) is 0.350. The van der Waals surface area contributed by atoms with Gasteiger partial charge in [0.05, 0.1) is 5.69 Å². The molecule has 2 N–H and O–H groups in total. The van der Waals surface area contributed by atoms with Crippen LogP contribution < -0.4 is 5.32 Å². The molecule has 3 heterocycles. The molecule has 0 aromatic carbocycles. The number of hydrogen-bond acceptors (Lipinski definition) is 5. The van der Waals surface area contributed by atoms with E-state index in [9.17, 15) is 5.11 Å². The molecular weight excluding hydrogens is 362 g/mol. The average Bonchev–Trinajstić information content (AvgIpc) is 3.58. The van der Waals surface area contributed by atoms with Gasteiger partial charge in [0.1, 0.15) is 29.4 Å². The molecule has 0 unspecified atom stereocenters. The zero-order chi connectivity index (χ0) is 18.4. The third-order valence-electron chi connectivity index (χ3n) is 5.37. The fourth-order valence-corrected chi connectivity index (χ4v) is 3.85. The Kier molecular flexibility index (Phi) is 3.91. The van der Waals surface area contributed by atoms with Crippen molar-refractivity contribution in [1.29, 1.82) is 0 Å². The summed E-state index contributed by atoms with van der Waals surface area (Å²) in [6.45, 7) is 0. The van der Waals surface area contributed by atoms with Gasteiger partial charge in [-0.3, -0.25) is 4.57 Å². The predicted octanol–water partition coefficient (Wildman–Crippen LogP) is 4.07. The standard InChI is InChI=1S/C20H20ClN5O/c21-15-8-9-22-18(10-15)24-17-2-1-3-19(25-17)26-11-16(23-12-26)20(27,13-4-5-13)14-6-7-14/h1-3,8-14,27H,4-7H2,(H,22,24,25). The zero-order valence-corrected chi connectivity index (χ0v) is 15.5. The highest BCUT2D eigenvalue weighted by Gasteiger charge is 2.55. The van der Waals surface area contributed by atoms with Gasteiger partial charge in [-0.05, 0) is 61.8 Å². The lowest BCUT2D eigenvalue weighted by atomic mass is 9.89. The van der Waals surface area contributed by atoms with E-state index in [-0.39, 0.29) is 0 Å². The number of nitrogens with zero attached hydrogens (tertiary/aromatic N) is 4. The molecule has 2 saturated carbocycles. The molecule has 0 spiro atoms. The molecule has 7 heteroatoms. The largest absolute Gasteiger partial charge is 0.383 e. The maximum Gasteiger partial charge on any atom is 0.140 e. The van der Waals surface area contributed by atoms with Gasteiger partial charge in [-0.2, -0.15) is 0 Å². The molecule has 0 bridgehead atoms. The van der Waals surface area contributed by atoms with Crippen LogP contribution in [0.1, 0.15) is 31.4 Å². The SMILES string of the molecule is OC(c1cn(-c2cccc(Nc3cc(Cl)ccn3)n2)cn1)(C1CC1)C1CC1. The van der Waals surface area contributed by atoms with Crippen molar-refractivity contribution in [2.24, 2.45) is 11.8 Å². The van der Waals surface area contributed by atoms with Crippen molar-refractivity contribution >= 4 is 23.2 Å². The first-order valence-corrected chi connectivity index (χ1v) is 9.63. The van der Waals surface area contributed by atoms with E-state index in [0.717, 1.165) is 37.2 Å². The van der Waals surface area contributed by atoms with Gasteiger partial charge in [0, 0.05) is 17.4 Å². The Bertz CT molecular complexity index is 968. The van der Waals surface area contributed by atoms with Gasteiger partial charge in [-0.1, -0.05) is 17.7 Å². The molecule has 138 valence electrons. The minimum atomic E-state index is -0.772. The van der Waals surface area contributed by atoms with Gasteiger partial charge >= 0.3 is 0 Å². The second kappa shape index (κ2) is 6.32. The summed E-state index contributed by atoms with van der Waals surface area (Å²) in [5, 5.41) is 15.0. The van der Waals surface area contributed by atoms with Gasteiger partial charge in [-0.15, -0.1) is 0 Å². The molecule has 5 rings (SSSR count). The Morgan fingerprint density at radius 2 is 1.85 bits per heavy atom. The highest BCUT2D eigenvalue weighted by molar-refractivity contribution is 6.30. The number of halogens is 1. The second-order valence-electron chi connectivity index (χ2n) is 7.41. The lowest BCUT2D eigenvalue weighted by Gasteiger charge is -2.26. The third kappa shape index (κ3) is 3.19. The van der Waals surface area contributed by atoms with Crippen LogP contribution in [-0.4, -0.2) is 24.6 Å². The molecule has 0 aliphatic heterocycles. The maximum absolute atomic E-state index is 11.3. The Balaban J connectivity index is 1.41. The van der Waals surface area contributed by atoms with Crippen LogP contribution in [0.3, 0.4) is 0 Å². The van der Waals surface area contributed by atoms with Crippen molar-refractivity contribution in [1.82, 2.24) is 19.5 Å². The number of hydrogen-bond donors (Lipinski definition) is 2. The van der Waals surface area contributed by atoms with Crippen molar-refractivity contribution in [2.45, 2.75) is 31.3 Å². The topological polar surface area (TPSA) is 75.9 Å². The summed E-state index contributed by atoms with van der Waals surface area (Å²) in [7, 11) is 0. The first-order valence-electron chi connectivity index (χ1n) is 9.26. The van der Waals surface area contributed by atoms with E-state index < -0.39 is 5.60 Å². The van der Waals surface area contributed by atoms with E-state index in [1.54, 1.807) is 24.7 Å². The lowest BCUT2D eigenvalue weighted by Crippen LogP contribution is -2.31. The van der Waals surface area contributed by atoms with Gasteiger partial charge in [0.2, 0.25) is 0 Å². The van der Waals surface area contributed by atoms with Crippen LogP contribution in [0.2, 0.25) is 5.02 Å². The number of aliphatic hydroxyl groups is 1. The summed E-state index contributed by atoms with van der Waals surface area (Å²) in [4.78, 5) is 13.4. The van der Waals surface area contributed by atoms with Crippen molar-refractivity contribution in [3.05, 3.63) is 59.8 Å². The number of pyridine rings is 2. The molecule has 0 atom stereocenters. The number of aromatic nitrogens is 4. The van der Waals surface area contributed by atoms with Crippen LogP contribution >= 0.6 is 11.6 Å². The molecule has 27 heavy (non-hydrogen) atoms. The molecule has 0 radical (unpaired) electrons. The average molecular weight is 382 g/mol. The molecule has 0 amide bonds. The van der Waals surface area contributed by atoms with Crippen LogP contribution in [-0.2, 0) is 5.60 Å². The summed E-state index contributed by atoms with van der Waals surface area (Å²) in [6, 6.07) is 9.17. The number of rotatable bonds is 6. The van der Waals surface area contributed by atoms with Crippen molar-refractivity contribution in [2.75, 3.05) is 5.32 Å². The Hall–Kier alpha value is -2.44. The molecule has 2 aliphatic rings. The summed E-state index contributed by atoms with van der Waals surface area (Å²) in [6.07, 6.45) is 9.64. The van der Waals surface area contributed by atoms with Crippen LogP contribution in [0.5, 0.6) is 0 Å². The molecular formula is C20H20ClN5O. The first-order chi connectivity index (χ1) is 13.1. The van der Waals surface area contributed by atoms with Crippen molar-refractivity contribution in [3.8, 4) is 5.82 Å². The minimum Gasteiger partial charge on any atom is -0.383 e. The van der Waals surface area contributed by atoms with Gasteiger partial charge in [0.15, 0.2) is 0 Å². The van der Waals surface area contributed by atoms with E-state index in [4.69, 9.17) is 11.6 Å². The van der Waals surface area contributed by atoms with Crippen LogP contribution in [0, 0.1) is 11.8 Å². The summed E-state index contributed by atoms with van der Waals surface area (Å²) < 4.78 is 1.86. The summed E-state index contributed by atoms with van der Waals surface area (Å²) >= 11 is 6.01. The van der Waals surface area contributed by atoms with E-state index in [1.807, 2.05) is 29.0 Å². The molecule has 0 saturated heterocycles. The highest BCUT2D eigenvalue weighted by atomic mass is 35.5. The lowest BCUT2D eigenvalue weighted by molar-refractivity contribution is -0.0140. The van der Waals surface area contributed by atoms with Crippen molar-refractivity contribution in [3.63, 3.8) is 0 Å². The Morgan fingerprint density at radius 1 is 1.07 bits per heavy atom. The van der Waals surface area contributed by atoms with E-state index in [1.165, 1.54) is 0 Å². The Morgan fingerprint density at radius 3 is 2.56 bits per heavy atom. The van der Waals surface area contributed by atoms with Crippen molar-refractivity contribution < 1.29 is 5.11 Å². The monoisotopic (exact) mass is 381 g/mol. The van der Waals surface area contributed by atoms with E-state index in [0.29, 0.717) is 28.5 Å². The van der Waals surface area contributed by atoms with Gasteiger partial charge < -0.3 is 10.4 Å². The molecule has 6 nitrogen and oxygen atoms in total. The quantitative estimate of drug-likeness (QED) is 0.673. The van der Waals surface area contributed by atoms with E-state index in [2.05, 4.69) is 20.3 Å². The highest BCUT2D eigenvalue weighted by Crippen LogP contribution is 2.56. The first kappa shape index (κ1) is 16.7. The second-order valence-corrected chi connectivity index (χ2v) is 7.84. The number of nitrogens with one attached hydrogen (secondary N) is 1. The number of anilines is 2. The number of imidazole rings is 1. The molecule has 3 aromatic rings. The smallest absolute Gasteiger partial charge is 0.140 e. The fourth-order valence-electron chi connectivity index (χ4n) is 3.69. The van der Waals surface area contributed by atoms with Crippen LogP contribution in [0.15, 0.2) is 49.1 Å². The van der Waals surface area contributed by atoms with Gasteiger partial charge in [0.25, 0.3) is 0 Å². The molecule has 2 aliphatic carbocycles. The Labute approximate surface area is 162 Å². The van der Waals surface area contributed by atoms with Crippen LogP contribution in [0.4, 0.5) is 11.6 Å². The summed E-state index contributed by atoms with van der Waals surface area (Å²) in [5.74, 6) is 2.73. The maximum atomic E-state index is 11.3. The molecule has 2 fully saturated rings. The normalized spacial score (nSPS) is 17.1. The zero-order valence-electron chi connectivity index (χ0n) is 14.7. The van der Waals surface area contributed by atoms with E-state index >= 15 is 0 Å². The molecule has 3 aromatic heterocycles. The van der Waals surface area contributed by atoms with Crippen LogP contribution in [0.25, 0.3) is 5.82 Å². The minimum absolute atomic E-state index is 0.350. The predicted molar refractivity (Wildman–Crippen MR) is 103 cm³/mol. The summed E-state index contributed by atoms with van der Waals surface area (Å²) in [5.41, 5.74) is -0.00426.